The molecule has 0 spiro atoms. The molecule has 280 valence electrons. The van der Waals surface area contributed by atoms with Gasteiger partial charge in [0.25, 0.3) is 0 Å². The van der Waals surface area contributed by atoms with E-state index in [1.54, 1.807) is 0 Å². The second-order valence-electron chi connectivity index (χ2n) is 11.5. The first-order valence-corrected chi connectivity index (χ1v) is 14.9. The van der Waals surface area contributed by atoms with E-state index in [2.05, 4.69) is 5.32 Å². The fraction of sp³-hybridized carbons (Fsp3) is 0.923. The zero-order chi connectivity index (χ0) is 36.0. The number of amides is 1. The number of aliphatic hydroxyl groups excluding tert-OH is 13. The Morgan fingerprint density at radius 1 is 0.708 bits per heavy atom. The summed E-state index contributed by atoms with van der Waals surface area (Å²) in [6, 6.07) is -1.52. The predicted octanol–water partition coefficient (Wildman–Crippen LogP) is -9.76. The van der Waals surface area contributed by atoms with Crippen molar-refractivity contribution in [3.05, 3.63) is 0 Å². The van der Waals surface area contributed by atoms with Crippen LogP contribution in [0.25, 0.3) is 0 Å². The molecule has 0 bridgehead atoms. The Labute approximate surface area is 272 Å². The van der Waals surface area contributed by atoms with Crippen LogP contribution in [0.3, 0.4) is 0 Å². The number of carbonyl (C=O) groups excluding carboxylic acids is 2. The molecule has 22 nitrogen and oxygen atoms in total. The molecular weight excluding hydrogens is 662 g/mol. The van der Waals surface area contributed by atoms with Crippen LogP contribution in [0, 0.1) is 0 Å². The highest BCUT2D eigenvalue weighted by Crippen LogP contribution is 2.33. The summed E-state index contributed by atoms with van der Waals surface area (Å²) in [5.41, 5.74) is 0. The molecule has 3 heterocycles. The first kappa shape index (κ1) is 40.8. The molecule has 0 saturated carbocycles. The van der Waals surface area contributed by atoms with Gasteiger partial charge >= 0.3 is 0 Å². The summed E-state index contributed by atoms with van der Waals surface area (Å²) in [6.45, 7) is -2.72. The van der Waals surface area contributed by atoms with E-state index in [0.717, 1.165) is 6.92 Å². The van der Waals surface area contributed by atoms with Crippen molar-refractivity contribution < 1.29 is 104 Å². The van der Waals surface area contributed by atoms with E-state index in [4.69, 9.17) is 28.4 Å². The smallest absolute Gasteiger partial charge is 0.217 e. The van der Waals surface area contributed by atoms with Gasteiger partial charge in [-0.2, -0.15) is 0 Å². The van der Waals surface area contributed by atoms with Gasteiger partial charge in [-0.3, -0.25) is 4.79 Å². The lowest BCUT2D eigenvalue weighted by molar-refractivity contribution is -0.380. The third kappa shape index (κ3) is 8.99. The molecule has 0 aliphatic carbocycles. The Hall–Kier alpha value is -1.62. The molecule has 19 atom stereocenters. The lowest BCUT2D eigenvalue weighted by Crippen LogP contribution is -2.68. The van der Waals surface area contributed by atoms with Gasteiger partial charge in [-0.05, 0) is 0 Å². The van der Waals surface area contributed by atoms with Gasteiger partial charge < -0.3 is 105 Å². The fourth-order valence-corrected chi connectivity index (χ4v) is 5.48. The van der Waals surface area contributed by atoms with Crippen molar-refractivity contribution in [2.75, 3.05) is 26.4 Å². The molecule has 22 heteroatoms. The number of nitrogens with one attached hydrogen (secondary N) is 1. The fourth-order valence-electron chi connectivity index (χ4n) is 5.48. The first-order valence-electron chi connectivity index (χ1n) is 14.9. The summed E-state index contributed by atoms with van der Waals surface area (Å²) in [4.78, 5) is 22.8. The standard InChI is InChI=1S/C26H45NO21/c1-7(33)27-13-18(40)15(37)10(4-30)43-24(13)47-22-16(38)11(5-31)45-26(19(22)41)48-23-17(39)12(6-32)44-25(20(23)42)46-21(9(35)3-29)14(36)8(34)2-28/h2,8-26,29-32,34-42H,3-6H2,1H3,(H,27,33)/t8-,9+,10+,11+,12+,13+,14+,15-,16-,17-,18+,19+,20+,21+,22-,23-,24-,25-,26+/m0/s1. The molecule has 3 aliphatic heterocycles. The van der Waals surface area contributed by atoms with Gasteiger partial charge in [-0.15, -0.1) is 0 Å². The number of hydrogen-bond donors (Lipinski definition) is 14. The maximum Gasteiger partial charge on any atom is 0.217 e. The van der Waals surface area contributed by atoms with E-state index >= 15 is 0 Å². The first-order chi connectivity index (χ1) is 22.6. The molecule has 3 rings (SSSR count). The van der Waals surface area contributed by atoms with Crippen molar-refractivity contribution in [2.24, 2.45) is 0 Å². The van der Waals surface area contributed by atoms with Gasteiger partial charge in [0.15, 0.2) is 25.2 Å². The Morgan fingerprint density at radius 2 is 1.17 bits per heavy atom. The minimum atomic E-state index is -2.18. The number of rotatable bonds is 15. The molecule has 48 heavy (non-hydrogen) atoms. The Balaban J connectivity index is 1.88. The third-order valence-corrected chi connectivity index (χ3v) is 8.16. The van der Waals surface area contributed by atoms with Gasteiger partial charge in [0, 0.05) is 6.92 Å². The zero-order valence-electron chi connectivity index (χ0n) is 25.5. The van der Waals surface area contributed by atoms with Crippen LogP contribution in [0.15, 0.2) is 0 Å². The normalized spacial score (nSPS) is 43.2. The number of aliphatic hydroxyl groups is 13. The predicted molar refractivity (Wildman–Crippen MR) is 147 cm³/mol. The molecule has 3 aliphatic rings. The maximum absolute atomic E-state index is 11.8. The summed E-state index contributed by atoms with van der Waals surface area (Å²) >= 11 is 0. The minimum absolute atomic E-state index is 0.106. The van der Waals surface area contributed by atoms with Crippen molar-refractivity contribution in [1.82, 2.24) is 5.32 Å². The summed E-state index contributed by atoms with van der Waals surface area (Å²) in [6.07, 6.45) is -34.2. The molecule has 14 N–H and O–H groups in total. The average molecular weight is 708 g/mol. The number of carbonyl (C=O) groups is 2. The van der Waals surface area contributed by atoms with E-state index < -0.39 is 149 Å². The van der Waals surface area contributed by atoms with Crippen LogP contribution in [-0.2, 0) is 38.0 Å². The monoisotopic (exact) mass is 707 g/mol. The van der Waals surface area contributed by atoms with E-state index in [0.29, 0.717) is 0 Å². The minimum Gasteiger partial charge on any atom is -0.394 e. The molecule has 0 aromatic heterocycles. The molecule has 1 amide bonds. The van der Waals surface area contributed by atoms with Crippen molar-refractivity contribution in [2.45, 2.75) is 123 Å². The lowest BCUT2D eigenvalue weighted by atomic mass is 9.95. The van der Waals surface area contributed by atoms with Crippen molar-refractivity contribution in [3.63, 3.8) is 0 Å². The summed E-state index contributed by atoms with van der Waals surface area (Å²) in [5, 5.41) is 136. The Bertz CT molecular complexity index is 1010. The van der Waals surface area contributed by atoms with Crippen molar-refractivity contribution in [3.8, 4) is 0 Å². The van der Waals surface area contributed by atoms with E-state index in [-0.39, 0.29) is 6.29 Å². The largest absolute Gasteiger partial charge is 0.394 e. The molecular formula is C26H45NO21. The highest BCUT2D eigenvalue weighted by Gasteiger charge is 2.54. The molecule has 3 saturated heterocycles. The second-order valence-corrected chi connectivity index (χ2v) is 11.5. The topological polar surface area (TPSA) is 365 Å². The molecule has 0 aromatic rings. The lowest BCUT2D eigenvalue weighted by Gasteiger charge is -2.49. The third-order valence-electron chi connectivity index (χ3n) is 8.16. The van der Waals surface area contributed by atoms with E-state index in [1.165, 1.54) is 0 Å². The number of ether oxygens (including phenoxy) is 6. The average Bonchev–Trinajstić information content (AvgIpc) is 3.07. The van der Waals surface area contributed by atoms with Crippen LogP contribution in [0.4, 0.5) is 0 Å². The van der Waals surface area contributed by atoms with Crippen molar-refractivity contribution >= 4 is 12.2 Å². The molecule has 0 radical (unpaired) electrons. The quantitative estimate of drug-likeness (QED) is 0.0702. The van der Waals surface area contributed by atoms with Crippen LogP contribution in [-0.4, -0.2) is 221 Å². The highest BCUT2D eigenvalue weighted by molar-refractivity contribution is 5.73. The number of hydrogen-bond acceptors (Lipinski definition) is 21. The summed E-state index contributed by atoms with van der Waals surface area (Å²) in [5.74, 6) is -0.715. The van der Waals surface area contributed by atoms with Crippen LogP contribution in [0.5, 0.6) is 0 Å². The van der Waals surface area contributed by atoms with Crippen LogP contribution >= 0.6 is 0 Å². The van der Waals surface area contributed by atoms with Crippen molar-refractivity contribution in [1.29, 1.82) is 0 Å². The summed E-state index contributed by atoms with van der Waals surface area (Å²) in [7, 11) is 0. The van der Waals surface area contributed by atoms with E-state index in [1.807, 2.05) is 0 Å². The van der Waals surface area contributed by atoms with Crippen LogP contribution < -0.4 is 5.32 Å². The Kier molecular flexibility index (Phi) is 15.3. The zero-order valence-corrected chi connectivity index (χ0v) is 25.5. The number of aldehydes is 1. The van der Waals surface area contributed by atoms with Gasteiger partial charge in [-0.1, -0.05) is 0 Å². The second kappa shape index (κ2) is 18.0. The van der Waals surface area contributed by atoms with Gasteiger partial charge in [0.1, 0.15) is 97.6 Å². The molecule has 0 unspecified atom stereocenters. The molecule has 0 aromatic carbocycles. The highest BCUT2D eigenvalue weighted by atomic mass is 16.8. The van der Waals surface area contributed by atoms with Gasteiger partial charge in [0.05, 0.1) is 26.4 Å². The SMILES string of the molecule is CC(=O)N[C@H]1[C@H](O[C@H]2[C@@H](O)[C@@H](CO)O[C@H](O[C@H]3[C@@H](O)[C@@H](CO)O[C@@H](O[C@@H]([C@H](O)[C@@H](O)C=O)[C@H](O)CO)[C@@H]3O)[C@@H]2O)O[C@H](CO)[C@H](O)[C@@H]1O. The van der Waals surface area contributed by atoms with Gasteiger partial charge in [0.2, 0.25) is 5.91 Å². The maximum atomic E-state index is 11.8. The van der Waals surface area contributed by atoms with Crippen LogP contribution in [0.2, 0.25) is 0 Å². The molecule has 3 fully saturated rings. The van der Waals surface area contributed by atoms with E-state index in [9.17, 15) is 76.0 Å². The van der Waals surface area contributed by atoms with Gasteiger partial charge in [-0.25, -0.2) is 0 Å². The summed E-state index contributed by atoms with van der Waals surface area (Å²) < 4.78 is 32.9. The van der Waals surface area contributed by atoms with Crippen LogP contribution in [0.1, 0.15) is 6.92 Å². The Morgan fingerprint density at radius 3 is 1.65 bits per heavy atom.